The van der Waals surface area contributed by atoms with Crippen molar-refractivity contribution in [3.8, 4) is 6.07 Å². The van der Waals surface area contributed by atoms with E-state index in [-0.39, 0.29) is 29.7 Å². The van der Waals surface area contributed by atoms with E-state index in [0.29, 0.717) is 31.7 Å². The number of carboxylic acid groups (broad SMARTS) is 1. The zero-order chi connectivity index (χ0) is 20.3. The number of aromatic nitrogens is 1. The second kappa shape index (κ2) is 8.12. The summed E-state index contributed by atoms with van der Waals surface area (Å²) in [6, 6.07) is 4.77. The molecule has 2 aliphatic heterocycles. The number of amides is 1. The molecule has 0 bridgehead atoms. The molecule has 1 aromatic rings. The monoisotopic (exact) mass is 386 g/mol. The molecule has 1 unspecified atom stereocenters. The summed E-state index contributed by atoms with van der Waals surface area (Å²) < 4.78 is 0. The molecule has 3 rings (SSSR count). The summed E-state index contributed by atoms with van der Waals surface area (Å²) in [6.07, 6.45) is 3.96. The number of nitriles is 1. The first-order chi connectivity index (χ1) is 13.3. The maximum absolute atomic E-state index is 12.6. The van der Waals surface area contributed by atoms with Crippen LogP contribution in [0.1, 0.15) is 43.0 Å². The molecule has 2 fully saturated rings. The molecule has 0 spiro atoms. The van der Waals surface area contributed by atoms with Crippen LogP contribution >= 0.6 is 0 Å². The summed E-state index contributed by atoms with van der Waals surface area (Å²) in [5, 5.41) is 21.7. The van der Waals surface area contributed by atoms with Gasteiger partial charge >= 0.3 is 5.97 Å². The Bertz CT molecular complexity index is 784. The molecule has 3 heterocycles. The zero-order valence-corrected chi connectivity index (χ0v) is 16.0. The maximum Gasteiger partial charge on any atom is 0.335 e. The van der Waals surface area contributed by atoms with E-state index in [1.807, 2.05) is 0 Å². The molecular formula is C19H26N6O3. The lowest BCUT2D eigenvalue weighted by molar-refractivity contribution is -0.132. The highest BCUT2D eigenvalue weighted by atomic mass is 16.4. The Hall–Kier alpha value is -2.70. The van der Waals surface area contributed by atoms with E-state index in [9.17, 15) is 14.9 Å². The first kappa shape index (κ1) is 20.0. The zero-order valence-electron chi connectivity index (χ0n) is 16.0. The first-order valence-electron chi connectivity index (χ1n) is 9.49. The van der Waals surface area contributed by atoms with Gasteiger partial charge in [0.25, 0.3) is 0 Å². The molecule has 0 saturated carbocycles. The van der Waals surface area contributed by atoms with Crippen molar-refractivity contribution in [2.45, 2.75) is 50.4 Å². The molecule has 0 aromatic carbocycles. The lowest BCUT2D eigenvalue weighted by Crippen LogP contribution is -2.56. The van der Waals surface area contributed by atoms with Gasteiger partial charge in [0, 0.05) is 24.8 Å². The van der Waals surface area contributed by atoms with Crippen molar-refractivity contribution in [2.24, 2.45) is 5.73 Å². The molecule has 2 saturated heterocycles. The van der Waals surface area contributed by atoms with Gasteiger partial charge in [-0.1, -0.05) is 0 Å². The van der Waals surface area contributed by atoms with Gasteiger partial charge in [-0.2, -0.15) is 5.26 Å². The lowest BCUT2D eigenvalue weighted by Gasteiger charge is -2.41. The van der Waals surface area contributed by atoms with Gasteiger partial charge < -0.3 is 26.0 Å². The third-order valence-electron chi connectivity index (χ3n) is 5.72. The number of anilines is 1. The van der Waals surface area contributed by atoms with E-state index in [1.54, 1.807) is 6.07 Å². The minimum absolute atomic E-state index is 0.143. The number of carbonyl (C=O) groups is 2. The molecule has 28 heavy (non-hydrogen) atoms. The van der Waals surface area contributed by atoms with Crippen LogP contribution < -0.4 is 16.0 Å². The number of aromatic carboxylic acids is 1. The van der Waals surface area contributed by atoms with E-state index in [0.717, 1.165) is 12.8 Å². The first-order valence-corrected chi connectivity index (χ1v) is 9.49. The minimum atomic E-state index is -0.971. The van der Waals surface area contributed by atoms with Crippen LogP contribution in [0.15, 0.2) is 18.3 Å². The van der Waals surface area contributed by atoms with Gasteiger partial charge in [0.15, 0.2) is 0 Å². The molecule has 0 aliphatic carbocycles. The van der Waals surface area contributed by atoms with Gasteiger partial charge in [0.2, 0.25) is 5.91 Å². The highest BCUT2D eigenvalue weighted by Gasteiger charge is 2.36. The predicted molar refractivity (Wildman–Crippen MR) is 103 cm³/mol. The fourth-order valence-electron chi connectivity index (χ4n) is 3.83. The van der Waals surface area contributed by atoms with Crippen LogP contribution in [0.4, 0.5) is 5.82 Å². The van der Waals surface area contributed by atoms with Crippen molar-refractivity contribution in [1.82, 2.24) is 15.2 Å². The van der Waals surface area contributed by atoms with Crippen molar-refractivity contribution in [3.05, 3.63) is 23.9 Å². The highest BCUT2D eigenvalue weighted by Crippen LogP contribution is 2.26. The summed E-state index contributed by atoms with van der Waals surface area (Å²) in [6.45, 7) is 3.63. The molecule has 9 heteroatoms. The fourth-order valence-corrected chi connectivity index (χ4v) is 3.83. The molecule has 0 radical (unpaired) electrons. The van der Waals surface area contributed by atoms with Crippen LogP contribution in [0.3, 0.4) is 0 Å². The van der Waals surface area contributed by atoms with E-state index in [2.05, 4.69) is 28.2 Å². The number of pyridine rings is 1. The third-order valence-corrected chi connectivity index (χ3v) is 5.72. The van der Waals surface area contributed by atoms with Crippen LogP contribution in [0, 0.1) is 11.3 Å². The number of hydrogen-bond donors (Lipinski definition) is 3. The van der Waals surface area contributed by atoms with Gasteiger partial charge in [0.05, 0.1) is 24.3 Å². The second-order valence-corrected chi connectivity index (χ2v) is 7.70. The van der Waals surface area contributed by atoms with Gasteiger partial charge in [0.1, 0.15) is 11.9 Å². The molecule has 1 aromatic heterocycles. The van der Waals surface area contributed by atoms with Crippen molar-refractivity contribution in [1.29, 1.82) is 5.26 Å². The smallest absolute Gasteiger partial charge is 0.335 e. The standard InChI is InChI=1S/C19H26N6O3/c1-19(23-12-17(26)25-14(11-20)2-3-15(25)21)5-8-24(9-6-19)16-10-13(18(27)28)4-7-22-16/h4,7,10,14-15,23H,2-3,5-6,8-9,12,21H2,1H3,(H,27,28)/t14?,15-/m1/s1. The number of carboxylic acids is 1. The van der Waals surface area contributed by atoms with Crippen LogP contribution in [0.5, 0.6) is 0 Å². The van der Waals surface area contributed by atoms with Crippen LogP contribution in [0.25, 0.3) is 0 Å². The molecule has 4 N–H and O–H groups in total. The largest absolute Gasteiger partial charge is 0.478 e. The van der Waals surface area contributed by atoms with Crippen molar-refractivity contribution >= 4 is 17.7 Å². The maximum atomic E-state index is 12.6. The second-order valence-electron chi connectivity index (χ2n) is 7.70. The van der Waals surface area contributed by atoms with E-state index in [4.69, 9.17) is 10.8 Å². The van der Waals surface area contributed by atoms with Gasteiger partial charge in [-0.15, -0.1) is 0 Å². The molecule has 2 atom stereocenters. The summed E-state index contributed by atoms with van der Waals surface area (Å²) in [5.41, 5.74) is 5.97. The normalized spacial score (nSPS) is 24.0. The Morgan fingerprint density at radius 3 is 2.79 bits per heavy atom. The number of nitrogens with zero attached hydrogens (tertiary/aromatic N) is 4. The predicted octanol–water partition coefficient (Wildman–Crippen LogP) is 0.528. The fraction of sp³-hybridized carbons (Fsp3) is 0.579. The number of likely N-dealkylation sites (tertiary alicyclic amines) is 1. The number of piperidine rings is 1. The Kier molecular flexibility index (Phi) is 5.82. The number of nitrogens with two attached hydrogens (primary N) is 1. The average molecular weight is 386 g/mol. The Labute approximate surface area is 164 Å². The van der Waals surface area contributed by atoms with Crippen molar-refractivity contribution in [3.63, 3.8) is 0 Å². The summed E-state index contributed by atoms with van der Waals surface area (Å²) >= 11 is 0. The van der Waals surface area contributed by atoms with Crippen molar-refractivity contribution in [2.75, 3.05) is 24.5 Å². The van der Waals surface area contributed by atoms with Crippen LogP contribution in [-0.2, 0) is 4.79 Å². The van der Waals surface area contributed by atoms with Gasteiger partial charge in [-0.25, -0.2) is 9.78 Å². The molecular weight excluding hydrogens is 360 g/mol. The Morgan fingerprint density at radius 1 is 1.43 bits per heavy atom. The Morgan fingerprint density at radius 2 is 2.14 bits per heavy atom. The number of hydrogen-bond acceptors (Lipinski definition) is 7. The van der Waals surface area contributed by atoms with E-state index >= 15 is 0 Å². The van der Waals surface area contributed by atoms with Crippen molar-refractivity contribution < 1.29 is 14.7 Å². The molecule has 9 nitrogen and oxygen atoms in total. The summed E-state index contributed by atoms with van der Waals surface area (Å²) in [4.78, 5) is 31.5. The summed E-state index contributed by atoms with van der Waals surface area (Å²) in [7, 11) is 0. The van der Waals surface area contributed by atoms with Crippen LogP contribution in [0.2, 0.25) is 0 Å². The summed E-state index contributed by atoms with van der Waals surface area (Å²) in [5.74, 6) is -0.463. The van der Waals surface area contributed by atoms with Gasteiger partial charge in [-0.05, 0) is 44.7 Å². The van der Waals surface area contributed by atoms with Gasteiger partial charge in [-0.3, -0.25) is 4.79 Å². The molecule has 1 amide bonds. The van der Waals surface area contributed by atoms with Crippen LogP contribution in [-0.4, -0.2) is 64.2 Å². The third kappa shape index (κ3) is 4.24. The highest BCUT2D eigenvalue weighted by molar-refractivity contribution is 5.88. The SMILES string of the molecule is CC1(NCC(=O)N2C(C#N)CC[C@@H]2N)CCN(c2cc(C(=O)O)ccn2)CC1. The number of nitrogens with one attached hydrogen (secondary N) is 1. The average Bonchev–Trinajstić information content (AvgIpc) is 3.07. The minimum Gasteiger partial charge on any atom is -0.478 e. The van der Waals surface area contributed by atoms with E-state index < -0.39 is 12.0 Å². The quantitative estimate of drug-likeness (QED) is 0.667. The topological polar surface area (TPSA) is 136 Å². The molecule has 150 valence electrons. The number of rotatable bonds is 5. The number of carbonyl (C=O) groups excluding carboxylic acids is 1. The lowest BCUT2D eigenvalue weighted by atomic mass is 9.89. The Balaban J connectivity index is 1.55. The van der Waals surface area contributed by atoms with E-state index in [1.165, 1.54) is 17.2 Å². The molecule has 2 aliphatic rings.